The predicted octanol–water partition coefficient (Wildman–Crippen LogP) is 2.77. The number of hydrogen-bond donors (Lipinski definition) is 2. The maximum Gasteiger partial charge on any atom is 0.335 e. The molecular formula is C14H19NO4S. The Labute approximate surface area is 119 Å². The number of rotatable bonds is 4. The highest BCUT2D eigenvalue weighted by atomic mass is 32.2. The molecule has 1 aromatic carbocycles. The Bertz CT molecular complexity index is 604. The molecule has 0 heterocycles. The van der Waals surface area contributed by atoms with Crippen LogP contribution in [0.5, 0.6) is 0 Å². The Morgan fingerprint density at radius 2 is 1.90 bits per heavy atom. The molecule has 0 bridgehead atoms. The fraction of sp³-hybridized carbons (Fsp3) is 0.500. The minimum absolute atomic E-state index is 0.186. The lowest BCUT2D eigenvalue weighted by Gasteiger charge is -2.22. The van der Waals surface area contributed by atoms with Gasteiger partial charge in [0.15, 0.2) is 0 Å². The van der Waals surface area contributed by atoms with Gasteiger partial charge in [0.25, 0.3) is 0 Å². The van der Waals surface area contributed by atoms with Gasteiger partial charge in [-0.1, -0.05) is 19.3 Å². The summed E-state index contributed by atoms with van der Waals surface area (Å²) in [5.41, 5.74) is 1.16. The molecule has 1 aliphatic carbocycles. The lowest BCUT2D eigenvalue weighted by molar-refractivity contribution is 0.0696. The van der Waals surface area contributed by atoms with E-state index in [9.17, 15) is 13.2 Å². The number of sulfonamides is 1. The van der Waals surface area contributed by atoms with Crippen molar-refractivity contribution in [2.75, 3.05) is 4.72 Å². The summed E-state index contributed by atoms with van der Waals surface area (Å²) in [6.45, 7) is 1.65. The quantitative estimate of drug-likeness (QED) is 0.895. The number of carboxylic acid groups (broad SMARTS) is 1. The first-order chi connectivity index (χ1) is 9.40. The van der Waals surface area contributed by atoms with Gasteiger partial charge in [-0.25, -0.2) is 13.2 Å². The Morgan fingerprint density at radius 3 is 2.45 bits per heavy atom. The summed E-state index contributed by atoms with van der Waals surface area (Å²) >= 11 is 0. The largest absolute Gasteiger partial charge is 0.478 e. The van der Waals surface area contributed by atoms with Crippen molar-refractivity contribution < 1.29 is 18.3 Å². The third-order valence-electron chi connectivity index (χ3n) is 3.71. The van der Waals surface area contributed by atoms with Crippen molar-refractivity contribution in [3.63, 3.8) is 0 Å². The van der Waals surface area contributed by atoms with E-state index in [-0.39, 0.29) is 10.8 Å². The van der Waals surface area contributed by atoms with Crippen molar-refractivity contribution in [3.05, 3.63) is 29.3 Å². The van der Waals surface area contributed by atoms with Gasteiger partial charge in [0.1, 0.15) is 0 Å². The van der Waals surface area contributed by atoms with Gasteiger partial charge in [-0.2, -0.15) is 0 Å². The second-order valence-electron chi connectivity index (χ2n) is 5.24. The van der Waals surface area contributed by atoms with Gasteiger partial charge in [0, 0.05) is 5.69 Å². The van der Waals surface area contributed by atoms with Crippen LogP contribution in [-0.4, -0.2) is 24.7 Å². The van der Waals surface area contributed by atoms with Crippen molar-refractivity contribution in [3.8, 4) is 0 Å². The third kappa shape index (κ3) is 3.30. The molecule has 0 aromatic heterocycles. The molecular weight excluding hydrogens is 278 g/mol. The standard InChI is InChI=1S/C14H19NO4S/c1-10-9-11(7-8-13(10)14(16)17)15-20(18,19)12-5-3-2-4-6-12/h7-9,12,15H,2-6H2,1H3,(H,16,17). The molecule has 0 unspecified atom stereocenters. The van der Waals surface area contributed by atoms with Gasteiger partial charge in [-0.3, -0.25) is 4.72 Å². The van der Waals surface area contributed by atoms with Crippen LogP contribution in [0.25, 0.3) is 0 Å². The molecule has 1 aliphatic rings. The summed E-state index contributed by atoms with van der Waals surface area (Å²) in [7, 11) is -3.38. The minimum Gasteiger partial charge on any atom is -0.478 e. The van der Waals surface area contributed by atoms with E-state index >= 15 is 0 Å². The van der Waals surface area contributed by atoms with E-state index < -0.39 is 16.0 Å². The summed E-state index contributed by atoms with van der Waals surface area (Å²) in [4.78, 5) is 10.9. The minimum atomic E-state index is -3.38. The maximum absolute atomic E-state index is 12.3. The molecule has 0 saturated heterocycles. The Hall–Kier alpha value is -1.56. The van der Waals surface area contributed by atoms with Crippen molar-refractivity contribution >= 4 is 21.7 Å². The molecule has 0 aliphatic heterocycles. The van der Waals surface area contributed by atoms with Gasteiger partial charge < -0.3 is 5.11 Å². The molecule has 2 rings (SSSR count). The van der Waals surface area contributed by atoms with Crippen LogP contribution in [0.1, 0.15) is 48.0 Å². The van der Waals surface area contributed by atoms with Crippen LogP contribution >= 0.6 is 0 Å². The van der Waals surface area contributed by atoms with Crippen LogP contribution in [0.3, 0.4) is 0 Å². The van der Waals surface area contributed by atoms with Crippen LogP contribution < -0.4 is 4.72 Å². The average Bonchev–Trinajstić information content (AvgIpc) is 2.39. The van der Waals surface area contributed by atoms with Crippen molar-refractivity contribution in [2.45, 2.75) is 44.3 Å². The summed E-state index contributed by atoms with van der Waals surface area (Å²) in [5, 5.41) is 8.62. The van der Waals surface area contributed by atoms with E-state index in [1.807, 2.05) is 0 Å². The lowest BCUT2D eigenvalue weighted by atomic mass is 10.0. The molecule has 1 fully saturated rings. The number of aryl methyl sites for hydroxylation is 1. The van der Waals surface area contributed by atoms with E-state index in [0.717, 1.165) is 19.3 Å². The Morgan fingerprint density at radius 1 is 1.25 bits per heavy atom. The molecule has 5 nitrogen and oxygen atoms in total. The number of nitrogens with one attached hydrogen (secondary N) is 1. The first-order valence-electron chi connectivity index (χ1n) is 6.76. The van der Waals surface area contributed by atoms with E-state index in [1.54, 1.807) is 13.0 Å². The number of carbonyl (C=O) groups is 1. The van der Waals surface area contributed by atoms with Gasteiger partial charge in [0.05, 0.1) is 10.8 Å². The van der Waals surface area contributed by atoms with Crippen LogP contribution in [0.15, 0.2) is 18.2 Å². The van der Waals surface area contributed by atoms with Crippen LogP contribution in [0.2, 0.25) is 0 Å². The normalized spacial score (nSPS) is 16.9. The molecule has 110 valence electrons. The maximum atomic E-state index is 12.3. The van der Waals surface area contributed by atoms with Crippen molar-refractivity contribution in [1.29, 1.82) is 0 Å². The van der Waals surface area contributed by atoms with Crippen molar-refractivity contribution in [1.82, 2.24) is 0 Å². The van der Waals surface area contributed by atoms with Crippen LogP contribution in [-0.2, 0) is 10.0 Å². The molecule has 1 aromatic rings. The summed E-state index contributed by atoms with van der Waals surface area (Å²) in [5.74, 6) is -1.01. The van der Waals surface area contributed by atoms with Crippen molar-refractivity contribution in [2.24, 2.45) is 0 Å². The fourth-order valence-electron chi connectivity index (χ4n) is 2.59. The summed E-state index contributed by atoms with van der Waals surface area (Å²) in [6, 6.07) is 4.48. The van der Waals surface area contributed by atoms with E-state index in [1.165, 1.54) is 12.1 Å². The van der Waals surface area contributed by atoms with Gasteiger partial charge in [-0.15, -0.1) is 0 Å². The topological polar surface area (TPSA) is 83.5 Å². The number of anilines is 1. The zero-order chi connectivity index (χ0) is 14.8. The Kier molecular flexibility index (Phi) is 4.32. The van der Waals surface area contributed by atoms with E-state index in [0.29, 0.717) is 24.1 Å². The number of benzene rings is 1. The molecule has 1 saturated carbocycles. The fourth-order valence-corrected chi connectivity index (χ4v) is 4.17. The SMILES string of the molecule is Cc1cc(NS(=O)(=O)C2CCCCC2)ccc1C(=O)O. The summed E-state index contributed by atoms with van der Waals surface area (Å²) in [6.07, 6.45) is 4.38. The molecule has 2 N–H and O–H groups in total. The van der Waals surface area contributed by atoms with Crippen LogP contribution in [0.4, 0.5) is 5.69 Å². The van der Waals surface area contributed by atoms with Gasteiger partial charge >= 0.3 is 5.97 Å². The highest BCUT2D eigenvalue weighted by Crippen LogP contribution is 2.26. The van der Waals surface area contributed by atoms with Gasteiger partial charge in [-0.05, 0) is 43.5 Å². The predicted molar refractivity (Wildman–Crippen MR) is 77.6 cm³/mol. The Balaban J connectivity index is 2.17. The zero-order valence-corrected chi connectivity index (χ0v) is 12.2. The molecule has 20 heavy (non-hydrogen) atoms. The number of carboxylic acids is 1. The first kappa shape index (κ1) is 14.8. The number of aromatic carboxylic acids is 1. The lowest BCUT2D eigenvalue weighted by Crippen LogP contribution is -2.29. The molecule has 0 amide bonds. The second-order valence-corrected chi connectivity index (χ2v) is 7.20. The number of hydrogen-bond acceptors (Lipinski definition) is 3. The third-order valence-corrected chi connectivity index (χ3v) is 5.58. The van der Waals surface area contributed by atoms with E-state index in [4.69, 9.17) is 5.11 Å². The highest BCUT2D eigenvalue weighted by Gasteiger charge is 2.27. The summed E-state index contributed by atoms with van der Waals surface area (Å²) < 4.78 is 27.1. The highest BCUT2D eigenvalue weighted by molar-refractivity contribution is 7.93. The molecule has 0 spiro atoms. The monoisotopic (exact) mass is 297 g/mol. The smallest absolute Gasteiger partial charge is 0.335 e. The molecule has 0 atom stereocenters. The molecule has 0 radical (unpaired) electrons. The van der Waals surface area contributed by atoms with Crippen LogP contribution in [0, 0.1) is 6.92 Å². The zero-order valence-electron chi connectivity index (χ0n) is 11.4. The van der Waals surface area contributed by atoms with E-state index in [2.05, 4.69) is 4.72 Å². The second kappa shape index (κ2) is 5.83. The average molecular weight is 297 g/mol. The first-order valence-corrected chi connectivity index (χ1v) is 8.30. The van der Waals surface area contributed by atoms with Gasteiger partial charge in [0.2, 0.25) is 10.0 Å². The molecule has 6 heteroatoms.